The van der Waals surface area contributed by atoms with Gasteiger partial charge in [0, 0.05) is 5.70 Å². The fourth-order valence-corrected chi connectivity index (χ4v) is 1.54. The number of carbonyl (C=O) groups is 2. The molecule has 3 nitrogen and oxygen atoms in total. The summed E-state index contributed by atoms with van der Waals surface area (Å²) in [5, 5.41) is 0. The Morgan fingerprint density at radius 2 is 1.57 bits per heavy atom. The van der Waals surface area contributed by atoms with Crippen LogP contribution < -0.4 is 0 Å². The van der Waals surface area contributed by atoms with E-state index in [9.17, 15) is 9.59 Å². The average molecular weight is 187 g/mol. The first kappa shape index (κ1) is 8.69. The molecule has 1 aliphatic heterocycles. The van der Waals surface area contributed by atoms with Crippen LogP contribution in [0.25, 0.3) is 0 Å². The lowest BCUT2D eigenvalue weighted by Crippen LogP contribution is -2.27. The van der Waals surface area contributed by atoms with Gasteiger partial charge in [-0.25, -0.2) is 4.90 Å². The molecular formula is C11H9NO2. The Morgan fingerprint density at radius 1 is 1.14 bits per heavy atom. The lowest BCUT2D eigenvalue weighted by molar-refractivity contribution is 0.0705. The summed E-state index contributed by atoms with van der Waals surface area (Å²) in [6, 6.07) is 6.79. The van der Waals surface area contributed by atoms with Crippen LogP contribution in [0.5, 0.6) is 0 Å². The maximum Gasteiger partial charge on any atom is 0.265 e. The van der Waals surface area contributed by atoms with Crippen LogP contribution in [0, 0.1) is 0 Å². The number of imide groups is 1. The monoisotopic (exact) mass is 187 g/mol. The molecule has 1 aromatic rings. The van der Waals surface area contributed by atoms with E-state index in [0.29, 0.717) is 16.8 Å². The summed E-state index contributed by atoms with van der Waals surface area (Å²) in [7, 11) is 0. The van der Waals surface area contributed by atoms with Gasteiger partial charge in [0.15, 0.2) is 0 Å². The highest BCUT2D eigenvalue weighted by molar-refractivity contribution is 6.22. The first-order valence-corrected chi connectivity index (χ1v) is 4.26. The molecule has 0 unspecified atom stereocenters. The summed E-state index contributed by atoms with van der Waals surface area (Å²) in [4.78, 5) is 24.5. The maximum absolute atomic E-state index is 11.7. The van der Waals surface area contributed by atoms with Crippen LogP contribution in [-0.4, -0.2) is 16.7 Å². The molecule has 2 rings (SSSR count). The van der Waals surface area contributed by atoms with E-state index in [1.54, 1.807) is 31.2 Å². The van der Waals surface area contributed by atoms with Crippen molar-refractivity contribution in [2.75, 3.05) is 0 Å². The Kier molecular flexibility index (Phi) is 1.74. The van der Waals surface area contributed by atoms with Crippen molar-refractivity contribution in [2.45, 2.75) is 6.92 Å². The molecule has 0 aliphatic carbocycles. The molecule has 3 heteroatoms. The summed E-state index contributed by atoms with van der Waals surface area (Å²) in [6.07, 6.45) is 0. The molecule has 0 aromatic heterocycles. The van der Waals surface area contributed by atoms with E-state index in [1.807, 2.05) is 0 Å². The number of nitrogens with zero attached hydrogens (tertiary/aromatic N) is 1. The van der Waals surface area contributed by atoms with E-state index in [4.69, 9.17) is 0 Å². The van der Waals surface area contributed by atoms with E-state index in [1.165, 1.54) is 0 Å². The number of amides is 2. The number of hydrogen-bond acceptors (Lipinski definition) is 2. The number of fused-ring (bicyclic) bond motifs is 1. The van der Waals surface area contributed by atoms with Crippen molar-refractivity contribution in [2.24, 2.45) is 0 Å². The molecule has 70 valence electrons. The largest absolute Gasteiger partial charge is 0.268 e. The van der Waals surface area contributed by atoms with E-state index < -0.39 is 0 Å². The van der Waals surface area contributed by atoms with Gasteiger partial charge in [0.25, 0.3) is 11.8 Å². The third-order valence-electron chi connectivity index (χ3n) is 2.18. The number of hydrogen-bond donors (Lipinski definition) is 0. The van der Waals surface area contributed by atoms with E-state index in [0.717, 1.165) is 4.90 Å². The second-order valence-corrected chi connectivity index (χ2v) is 3.23. The molecule has 0 saturated carbocycles. The van der Waals surface area contributed by atoms with Crippen LogP contribution in [0.1, 0.15) is 27.6 Å². The lowest BCUT2D eigenvalue weighted by atomic mass is 10.1. The molecular weight excluding hydrogens is 178 g/mol. The molecule has 0 bridgehead atoms. The van der Waals surface area contributed by atoms with Crippen LogP contribution >= 0.6 is 0 Å². The van der Waals surface area contributed by atoms with Crippen molar-refractivity contribution in [1.29, 1.82) is 0 Å². The number of allylic oxidation sites excluding steroid dienone is 1. The van der Waals surface area contributed by atoms with Gasteiger partial charge in [0.2, 0.25) is 0 Å². The molecule has 0 spiro atoms. The topological polar surface area (TPSA) is 37.4 Å². The van der Waals surface area contributed by atoms with E-state index in [-0.39, 0.29) is 11.8 Å². The first-order chi connectivity index (χ1) is 6.63. The van der Waals surface area contributed by atoms with Crippen molar-refractivity contribution in [3.05, 3.63) is 47.7 Å². The molecule has 14 heavy (non-hydrogen) atoms. The van der Waals surface area contributed by atoms with E-state index in [2.05, 4.69) is 6.58 Å². The minimum atomic E-state index is -0.280. The van der Waals surface area contributed by atoms with Crippen LogP contribution in [0.15, 0.2) is 36.5 Å². The van der Waals surface area contributed by atoms with Crippen molar-refractivity contribution >= 4 is 11.8 Å². The zero-order valence-electron chi connectivity index (χ0n) is 7.78. The number of rotatable bonds is 1. The van der Waals surface area contributed by atoms with Crippen molar-refractivity contribution in [3.63, 3.8) is 0 Å². The normalized spacial score (nSPS) is 14.5. The fraction of sp³-hybridized carbons (Fsp3) is 0.0909. The van der Waals surface area contributed by atoms with Gasteiger partial charge in [0.05, 0.1) is 11.1 Å². The maximum atomic E-state index is 11.7. The molecule has 1 heterocycles. The van der Waals surface area contributed by atoms with Gasteiger partial charge in [-0.1, -0.05) is 18.7 Å². The second-order valence-electron chi connectivity index (χ2n) is 3.23. The standard InChI is InChI=1S/C11H9NO2/c1-7(2)12-10(13)8-5-3-4-6-9(8)11(12)14/h3-6H,1H2,2H3. The van der Waals surface area contributed by atoms with Crippen LogP contribution in [-0.2, 0) is 0 Å². The Hall–Kier alpha value is -1.90. The third-order valence-corrected chi connectivity index (χ3v) is 2.18. The molecule has 0 atom stereocenters. The van der Waals surface area contributed by atoms with Gasteiger partial charge in [-0.3, -0.25) is 9.59 Å². The third kappa shape index (κ3) is 0.988. The summed E-state index contributed by atoms with van der Waals surface area (Å²) in [5.74, 6) is -0.559. The van der Waals surface area contributed by atoms with Crippen molar-refractivity contribution in [3.8, 4) is 0 Å². The predicted molar refractivity (Wildman–Crippen MR) is 51.8 cm³/mol. The number of benzene rings is 1. The summed E-state index contributed by atoms with van der Waals surface area (Å²) >= 11 is 0. The molecule has 0 fully saturated rings. The van der Waals surface area contributed by atoms with Gasteiger partial charge in [-0.15, -0.1) is 0 Å². The zero-order chi connectivity index (χ0) is 10.3. The molecule has 1 aromatic carbocycles. The Bertz CT molecular complexity index is 413. The Morgan fingerprint density at radius 3 is 1.93 bits per heavy atom. The van der Waals surface area contributed by atoms with E-state index >= 15 is 0 Å². The van der Waals surface area contributed by atoms with Gasteiger partial charge < -0.3 is 0 Å². The second kappa shape index (κ2) is 2.80. The van der Waals surface area contributed by atoms with Crippen LogP contribution in [0.3, 0.4) is 0 Å². The van der Waals surface area contributed by atoms with Gasteiger partial charge in [-0.2, -0.15) is 0 Å². The quantitative estimate of drug-likeness (QED) is 0.629. The van der Waals surface area contributed by atoms with Crippen molar-refractivity contribution in [1.82, 2.24) is 4.90 Å². The van der Waals surface area contributed by atoms with Gasteiger partial charge in [0.1, 0.15) is 0 Å². The predicted octanol–water partition coefficient (Wildman–Crippen LogP) is 1.82. The van der Waals surface area contributed by atoms with Crippen molar-refractivity contribution < 1.29 is 9.59 Å². The molecule has 0 saturated heterocycles. The highest BCUT2D eigenvalue weighted by atomic mass is 16.2. The smallest absolute Gasteiger partial charge is 0.265 e. The highest BCUT2D eigenvalue weighted by Crippen LogP contribution is 2.24. The van der Waals surface area contributed by atoms with Crippen LogP contribution in [0.2, 0.25) is 0 Å². The zero-order valence-corrected chi connectivity index (χ0v) is 7.78. The Balaban J connectivity index is 2.59. The van der Waals surface area contributed by atoms with Gasteiger partial charge in [-0.05, 0) is 19.1 Å². The molecule has 0 N–H and O–H groups in total. The highest BCUT2D eigenvalue weighted by Gasteiger charge is 2.35. The van der Waals surface area contributed by atoms with Gasteiger partial charge >= 0.3 is 0 Å². The molecule has 0 radical (unpaired) electrons. The summed E-state index contributed by atoms with van der Waals surface area (Å²) in [6.45, 7) is 5.25. The first-order valence-electron chi connectivity index (χ1n) is 4.26. The number of carbonyl (C=O) groups excluding carboxylic acids is 2. The minimum absolute atomic E-state index is 0.280. The lowest BCUT2D eigenvalue weighted by Gasteiger charge is -2.11. The summed E-state index contributed by atoms with van der Waals surface area (Å²) < 4.78 is 0. The SMILES string of the molecule is C=C(C)N1C(=O)c2ccccc2C1=O. The Labute approximate surface area is 81.6 Å². The fourth-order valence-electron chi connectivity index (χ4n) is 1.54. The average Bonchev–Trinajstić information content (AvgIpc) is 2.41. The molecule has 2 amide bonds. The minimum Gasteiger partial charge on any atom is -0.268 e. The van der Waals surface area contributed by atoms with Crippen LogP contribution in [0.4, 0.5) is 0 Å². The summed E-state index contributed by atoms with van der Waals surface area (Å²) in [5.41, 5.74) is 1.37. The molecule has 1 aliphatic rings.